The van der Waals surface area contributed by atoms with Crippen LogP contribution in [0.1, 0.15) is 11.1 Å². The fourth-order valence-electron chi connectivity index (χ4n) is 3.38. The lowest BCUT2D eigenvalue weighted by molar-refractivity contribution is -0.00000486. The summed E-state index contributed by atoms with van der Waals surface area (Å²) in [6.07, 6.45) is 4.20. The zero-order valence-electron chi connectivity index (χ0n) is 14.6. The summed E-state index contributed by atoms with van der Waals surface area (Å²) in [4.78, 5) is 0. The fraction of sp³-hybridized carbons (Fsp3) is 0.130. The van der Waals surface area contributed by atoms with Crippen molar-refractivity contribution in [3.63, 3.8) is 0 Å². The van der Waals surface area contributed by atoms with Crippen LogP contribution < -0.4 is 27.6 Å². The first-order chi connectivity index (χ1) is 11.7. The molecule has 0 aromatic heterocycles. The predicted octanol–water partition coefficient (Wildman–Crippen LogP) is 2.35. The van der Waals surface area contributed by atoms with Gasteiger partial charge in [-0.25, -0.2) is 0 Å². The number of benzene rings is 3. The van der Waals surface area contributed by atoms with E-state index in [2.05, 4.69) is 105 Å². The summed E-state index contributed by atoms with van der Waals surface area (Å²) in [5.41, 5.74) is 2.74. The van der Waals surface area contributed by atoms with Gasteiger partial charge in [-0.05, 0) is 36.8 Å². The molecule has 0 heterocycles. The molecule has 0 spiro atoms. The maximum atomic E-state index is 4.08. The second-order valence-electron chi connectivity index (χ2n) is 6.26. The summed E-state index contributed by atoms with van der Waals surface area (Å²) in [5, 5.41) is 2.91. The highest BCUT2D eigenvalue weighted by Gasteiger charge is 2.41. The van der Waals surface area contributed by atoms with E-state index in [9.17, 15) is 0 Å². The molecule has 0 unspecified atom stereocenters. The summed E-state index contributed by atoms with van der Waals surface area (Å²) in [7, 11) is -1.56. The maximum absolute atomic E-state index is 4.08. The van der Waals surface area contributed by atoms with Crippen molar-refractivity contribution in [2.45, 2.75) is 13.1 Å². The molecule has 0 saturated heterocycles. The zero-order chi connectivity index (χ0) is 16.8. The number of halogens is 1. The van der Waals surface area contributed by atoms with Crippen molar-refractivity contribution in [1.82, 2.24) is 0 Å². The van der Waals surface area contributed by atoms with Crippen LogP contribution in [0.5, 0.6) is 0 Å². The van der Waals surface area contributed by atoms with Gasteiger partial charge in [-0.2, -0.15) is 0 Å². The summed E-state index contributed by atoms with van der Waals surface area (Å²) < 4.78 is 0. The van der Waals surface area contributed by atoms with E-state index in [-0.39, 0.29) is 17.0 Å². The first-order valence-electron chi connectivity index (χ1n) is 8.39. The Morgan fingerprint density at radius 1 is 0.800 bits per heavy atom. The Kier molecular flexibility index (Phi) is 7.17. The average molecular weight is 411 g/mol. The second kappa shape index (κ2) is 9.13. The summed E-state index contributed by atoms with van der Waals surface area (Å²) in [6.45, 7) is 6.25. The topological polar surface area (TPSA) is 0 Å². The van der Waals surface area contributed by atoms with Gasteiger partial charge in [0.05, 0.1) is 30.2 Å². The van der Waals surface area contributed by atoms with Crippen LogP contribution in [0.3, 0.4) is 0 Å². The van der Waals surface area contributed by atoms with Crippen molar-refractivity contribution < 1.29 is 17.0 Å². The third kappa shape index (κ3) is 4.48. The highest BCUT2D eigenvalue weighted by Crippen LogP contribution is 2.59. The SMILES string of the molecule is C=CC[P+](Cc1cccc(C)c1)(c1ccccc1)c1ccccc1.[Br-]. The maximum Gasteiger partial charge on any atom is 0.0998 e. The Bertz CT molecular complexity index is 757. The Morgan fingerprint density at radius 2 is 1.36 bits per heavy atom. The van der Waals surface area contributed by atoms with Crippen LogP contribution in [0.25, 0.3) is 0 Å². The first kappa shape index (κ1) is 19.6. The number of hydrogen-bond acceptors (Lipinski definition) is 0. The van der Waals surface area contributed by atoms with Gasteiger partial charge < -0.3 is 17.0 Å². The lowest BCUT2D eigenvalue weighted by Gasteiger charge is -2.27. The minimum Gasteiger partial charge on any atom is -1.00 e. The Balaban J connectivity index is 0.00000225. The van der Waals surface area contributed by atoms with Crippen molar-refractivity contribution >= 4 is 17.9 Å². The molecule has 3 aromatic rings. The van der Waals surface area contributed by atoms with Gasteiger partial charge in [0.25, 0.3) is 0 Å². The molecule has 0 amide bonds. The van der Waals surface area contributed by atoms with E-state index in [1.54, 1.807) is 0 Å². The van der Waals surface area contributed by atoms with E-state index in [1.165, 1.54) is 21.7 Å². The van der Waals surface area contributed by atoms with Crippen LogP contribution >= 0.6 is 7.26 Å². The molecule has 3 rings (SSSR count). The molecule has 0 fully saturated rings. The number of aryl methyl sites for hydroxylation is 1. The standard InChI is InChI=1S/C23H24P.BrH/c1-3-17-24(22-13-6-4-7-14-22,23-15-8-5-9-16-23)19-21-12-10-11-20(2)18-21;/h3-16,18H,1,17,19H2,2H3;1H/q+1;/p-1. The van der Waals surface area contributed by atoms with Gasteiger partial charge in [-0.3, -0.25) is 0 Å². The van der Waals surface area contributed by atoms with Gasteiger partial charge in [0.2, 0.25) is 0 Å². The Labute approximate surface area is 162 Å². The minimum absolute atomic E-state index is 0. The number of rotatable bonds is 6. The van der Waals surface area contributed by atoms with Crippen LogP contribution in [0.4, 0.5) is 0 Å². The molecule has 0 aliphatic heterocycles. The molecular formula is C23H24BrP. The van der Waals surface area contributed by atoms with Gasteiger partial charge in [-0.1, -0.05) is 78.9 Å². The normalized spacial score (nSPS) is 10.8. The molecule has 0 aliphatic carbocycles. The number of hydrogen-bond donors (Lipinski definition) is 0. The van der Waals surface area contributed by atoms with E-state index in [0.717, 1.165) is 12.3 Å². The predicted molar refractivity (Wildman–Crippen MR) is 109 cm³/mol. The summed E-state index contributed by atoms with van der Waals surface area (Å²) in [5.74, 6) is 0. The molecule has 128 valence electrons. The van der Waals surface area contributed by atoms with E-state index >= 15 is 0 Å². The van der Waals surface area contributed by atoms with E-state index in [1.807, 2.05) is 0 Å². The van der Waals surface area contributed by atoms with E-state index in [0.29, 0.717) is 0 Å². The van der Waals surface area contributed by atoms with Gasteiger partial charge >= 0.3 is 0 Å². The summed E-state index contributed by atoms with van der Waals surface area (Å²) >= 11 is 0. The Morgan fingerprint density at radius 3 is 1.84 bits per heavy atom. The fourth-order valence-corrected chi connectivity index (χ4v) is 7.34. The molecule has 0 atom stereocenters. The van der Waals surface area contributed by atoms with Crippen molar-refractivity contribution in [1.29, 1.82) is 0 Å². The quantitative estimate of drug-likeness (QED) is 0.432. The van der Waals surface area contributed by atoms with E-state index < -0.39 is 7.26 Å². The highest BCUT2D eigenvalue weighted by atomic mass is 79.9. The van der Waals surface area contributed by atoms with Gasteiger partial charge in [0, 0.05) is 0 Å². The first-order valence-corrected chi connectivity index (χ1v) is 10.6. The largest absolute Gasteiger partial charge is 1.00 e. The lowest BCUT2D eigenvalue weighted by atomic mass is 10.2. The molecule has 0 aliphatic rings. The monoisotopic (exact) mass is 410 g/mol. The molecular weight excluding hydrogens is 387 g/mol. The van der Waals surface area contributed by atoms with Crippen molar-refractivity contribution in [2.75, 3.05) is 6.16 Å². The Hall–Kier alpha value is -1.69. The van der Waals surface area contributed by atoms with Gasteiger partial charge in [-0.15, -0.1) is 0 Å². The van der Waals surface area contributed by atoms with Crippen LogP contribution in [0.15, 0.2) is 97.6 Å². The van der Waals surface area contributed by atoms with E-state index in [4.69, 9.17) is 0 Å². The molecule has 0 bridgehead atoms. The van der Waals surface area contributed by atoms with Gasteiger partial charge in [0.15, 0.2) is 0 Å². The highest BCUT2D eigenvalue weighted by molar-refractivity contribution is 7.89. The minimum atomic E-state index is -1.56. The van der Waals surface area contributed by atoms with Crippen LogP contribution in [-0.2, 0) is 6.16 Å². The van der Waals surface area contributed by atoms with Gasteiger partial charge in [0.1, 0.15) is 0 Å². The molecule has 0 nitrogen and oxygen atoms in total. The molecule has 0 radical (unpaired) electrons. The molecule has 3 aromatic carbocycles. The zero-order valence-corrected chi connectivity index (χ0v) is 17.1. The molecule has 2 heteroatoms. The van der Waals surface area contributed by atoms with Crippen LogP contribution in [0.2, 0.25) is 0 Å². The second-order valence-corrected chi connectivity index (χ2v) is 9.91. The molecule has 0 N–H and O–H groups in total. The molecule has 0 saturated carbocycles. The smallest absolute Gasteiger partial charge is 0.0998 e. The average Bonchev–Trinajstić information content (AvgIpc) is 2.63. The van der Waals surface area contributed by atoms with Crippen molar-refractivity contribution in [3.05, 3.63) is 109 Å². The summed E-state index contributed by atoms with van der Waals surface area (Å²) in [6, 6.07) is 30.9. The van der Waals surface area contributed by atoms with Crippen molar-refractivity contribution in [2.24, 2.45) is 0 Å². The number of allylic oxidation sites excluding steroid dienone is 1. The van der Waals surface area contributed by atoms with Crippen LogP contribution in [0, 0.1) is 6.92 Å². The lowest BCUT2D eigenvalue weighted by Crippen LogP contribution is -3.00. The van der Waals surface area contributed by atoms with Crippen molar-refractivity contribution in [3.8, 4) is 0 Å². The molecule has 25 heavy (non-hydrogen) atoms. The third-order valence-electron chi connectivity index (χ3n) is 4.48. The van der Waals surface area contributed by atoms with Crippen LogP contribution in [-0.4, -0.2) is 6.16 Å². The third-order valence-corrected chi connectivity index (χ3v) is 8.84.